The van der Waals surface area contributed by atoms with Crippen LogP contribution in [0, 0.1) is 23.2 Å². The van der Waals surface area contributed by atoms with Crippen LogP contribution in [0.2, 0.25) is 0 Å². The van der Waals surface area contributed by atoms with Crippen molar-refractivity contribution in [2.75, 3.05) is 7.05 Å². The summed E-state index contributed by atoms with van der Waals surface area (Å²) in [5, 5.41) is 3.48. The van der Waals surface area contributed by atoms with Crippen LogP contribution in [0.15, 0.2) is 0 Å². The van der Waals surface area contributed by atoms with Gasteiger partial charge in [-0.3, -0.25) is 0 Å². The first kappa shape index (κ1) is 12.4. The number of nitrogens with one attached hydrogen (secondary N) is 1. The lowest BCUT2D eigenvalue weighted by Crippen LogP contribution is -2.33. The highest BCUT2D eigenvalue weighted by molar-refractivity contribution is 4.95. The summed E-state index contributed by atoms with van der Waals surface area (Å²) in [5.41, 5.74) is 0.641. The van der Waals surface area contributed by atoms with Gasteiger partial charge in [-0.2, -0.15) is 0 Å². The minimum absolute atomic E-state index is 0.641. The van der Waals surface area contributed by atoms with Gasteiger partial charge in [-0.25, -0.2) is 0 Å². The van der Waals surface area contributed by atoms with Crippen LogP contribution in [-0.4, -0.2) is 13.1 Å². The zero-order valence-corrected chi connectivity index (χ0v) is 11.6. The Morgan fingerprint density at radius 3 is 2.38 bits per heavy atom. The number of rotatable bonds is 2. The van der Waals surface area contributed by atoms with E-state index in [0.717, 1.165) is 23.8 Å². The summed E-state index contributed by atoms with van der Waals surface area (Å²) in [6.45, 7) is 7.46. The predicted octanol–water partition coefficient (Wildman–Crippen LogP) is 3.84. The summed E-state index contributed by atoms with van der Waals surface area (Å²) in [6.07, 6.45) is 8.69. The van der Waals surface area contributed by atoms with Gasteiger partial charge >= 0.3 is 0 Å². The van der Waals surface area contributed by atoms with E-state index in [-0.39, 0.29) is 0 Å². The van der Waals surface area contributed by atoms with Gasteiger partial charge in [0.1, 0.15) is 0 Å². The normalized spacial score (nSPS) is 49.5. The van der Waals surface area contributed by atoms with Gasteiger partial charge in [0.05, 0.1) is 0 Å². The number of hydrogen-bond donors (Lipinski definition) is 1. The Morgan fingerprint density at radius 1 is 1.06 bits per heavy atom. The SMILES string of the molecule is CNC1CCC(C)(C2CCC(C)C(C)C2)C1. The second-order valence-electron chi connectivity index (χ2n) is 6.85. The topological polar surface area (TPSA) is 12.0 Å². The molecule has 0 bridgehead atoms. The molecule has 0 aliphatic heterocycles. The highest BCUT2D eigenvalue weighted by Crippen LogP contribution is 2.51. The van der Waals surface area contributed by atoms with Crippen LogP contribution in [0.3, 0.4) is 0 Å². The van der Waals surface area contributed by atoms with E-state index < -0.39 is 0 Å². The standard InChI is InChI=1S/C15H29N/c1-11-5-6-13(9-12(11)2)15(3)8-7-14(10-15)16-4/h11-14,16H,5-10H2,1-4H3. The molecule has 16 heavy (non-hydrogen) atoms. The van der Waals surface area contributed by atoms with Gasteiger partial charge in [0.15, 0.2) is 0 Å². The van der Waals surface area contributed by atoms with Crippen molar-refractivity contribution in [2.24, 2.45) is 23.2 Å². The molecule has 0 aromatic carbocycles. The maximum Gasteiger partial charge on any atom is 0.00695 e. The molecule has 2 rings (SSSR count). The molecule has 94 valence electrons. The van der Waals surface area contributed by atoms with Crippen molar-refractivity contribution >= 4 is 0 Å². The summed E-state index contributed by atoms with van der Waals surface area (Å²) in [4.78, 5) is 0. The molecule has 0 saturated heterocycles. The smallest absolute Gasteiger partial charge is 0.00695 e. The summed E-state index contributed by atoms with van der Waals surface area (Å²) < 4.78 is 0. The minimum atomic E-state index is 0.641. The summed E-state index contributed by atoms with van der Waals surface area (Å²) in [7, 11) is 2.13. The molecular weight excluding hydrogens is 194 g/mol. The molecule has 5 atom stereocenters. The Bertz CT molecular complexity index is 238. The monoisotopic (exact) mass is 223 g/mol. The van der Waals surface area contributed by atoms with E-state index in [2.05, 4.69) is 33.1 Å². The van der Waals surface area contributed by atoms with Gasteiger partial charge in [0.2, 0.25) is 0 Å². The molecule has 0 spiro atoms. The quantitative estimate of drug-likeness (QED) is 0.750. The lowest BCUT2D eigenvalue weighted by atomic mass is 9.64. The van der Waals surface area contributed by atoms with Crippen LogP contribution < -0.4 is 5.32 Å². The fourth-order valence-corrected chi connectivity index (χ4v) is 4.07. The Hall–Kier alpha value is -0.0400. The van der Waals surface area contributed by atoms with Crippen LogP contribution in [0.4, 0.5) is 0 Å². The molecule has 0 radical (unpaired) electrons. The molecule has 2 saturated carbocycles. The second-order valence-corrected chi connectivity index (χ2v) is 6.85. The highest BCUT2D eigenvalue weighted by atomic mass is 14.9. The van der Waals surface area contributed by atoms with Crippen molar-refractivity contribution in [1.29, 1.82) is 0 Å². The molecule has 2 fully saturated rings. The molecule has 0 aromatic heterocycles. The largest absolute Gasteiger partial charge is 0.317 e. The molecule has 1 N–H and O–H groups in total. The van der Waals surface area contributed by atoms with E-state index in [1.807, 2.05) is 0 Å². The predicted molar refractivity (Wildman–Crippen MR) is 70.5 cm³/mol. The van der Waals surface area contributed by atoms with E-state index >= 15 is 0 Å². The van der Waals surface area contributed by atoms with E-state index in [4.69, 9.17) is 0 Å². The van der Waals surface area contributed by atoms with Gasteiger partial charge in [-0.05, 0) is 62.3 Å². The molecule has 1 nitrogen and oxygen atoms in total. The lowest BCUT2D eigenvalue weighted by molar-refractivity contribution is 0.0892. The van der Waals surface area contributed by atoms with Gasteiger partial charge in [-0.15, -0.1) is 0 Å². The summed E-state index contributed by atoms with van der Waals surface area (Å²) in [6, 6.07) is 0.791. The van der Waals surface area contributed by atoms with E-state index in [9.17, 15) is 0 Å². The van der Waals surface area contributed by atoms with Crippen molar-refractivity contribution in [3.05, 3.63) is 0 Å². The highest BCUT2D eigenvalue weighted by Gasteiger charge is 2.42. The fraction of sp³-hybridized carbons (Fsp3) is 1.00. The Labute approximate surface area is 101 Å². The van der Waals surface area contributed by atoms with Crippen LogP contribution >= 0.6 is 0 Å². The molecular formula is C15H29N. The molecule has 0 heterocycles. The van der Waals surface area contributed by atoms with Crippen molar-refractivity contribution in [3.63, 3.8) is 0 Å². The van der Waals surface area contributed by atoms with Crippen LogP contribution in [0.5, 0.6) is 0 Å². The van der Waals surface area contributed by atoms with Crippen molar-refractivity contribution < 1.29 is 0 Å². The van der Waals surface area contributed by atoms with Gasteiger partial charge in [0, 0.05) is 6.04 Å². The average molecular weight is 223 g/mol. The van der Waals surface area contributed by atoms with Crippen LogP contribution in [0.25, 0.3) is 0 Å². The first-order chi connectivity index (χ1) is 7.55. The molecule has 0 aromatic rings. The first-order valence-corrected chi connectivity index (χ1v) is 7.22. The fourth-order valence-electron chi connectivity index (χ4n) is 4.07. The molecule has 1 heteroatoms. The Balaban J connectivity index is 1.97. The molecule has 0 amide bonds. The third-order valence-corrected chi connectivity index (χ3v) is 5.77. The van der Waals surface area contributed by atoms with Crippen LogP contribution in [-0.2, 0) is 0 Å². The maximum atomic E-state index is 3.48. The average Bonchev–Trinajstić information content (AvgIpc) is 2.66. The lowest BCUT2D eigenvalue weighted by Gasteiger charge is -2.41. The summed E-state index contributed by atoms with van der Waals surface area (Å²) >= 11 is 0. The molecule has 5 unspecified atom stereocenters. The van der Waals surface area contributed by atoms with E-state index in [1.165, 1.54) is 38.5 Å². The Morgan fingerprint density at radius 2 is 1.81 bits per heavy atom. The second kappa shape index (κ2) is 4.68. The zero-order valence-electron chi connectivity index (χ0n) is 11.6. The third kappa shape index (κ3) is 2.30. The van der Waals surface area contributed by atoms with Crippen molar-refractivity contribution in [1.82, 2.24) is 5.32 Å². The van der Waals surface area contributed by atoms with Crippen molar-refractivity contribution in [2.45, 2.75) is 65.3 Å². The third-order valence-electron chi connectivity index (χ3n) is 5.77. The van der Waals surface area contributed by atoms with Crippen molar-refractivity contribution in [3.8, 4) is 0 Å². The van der Waals surface area contributed by atoms with Gasteiger partial charge in [-0.1, -0.05) is 27.2 Å². The van der Waals surface area contributed by atoms with E-state index in [1.54, 1.807) is 0 Å². The van der Waals surface area contributed by atoms with Crippen LogP contribution in [0.1, 0.15) is 59.3 Å². The summed E-state index contributed by atoms with van der Waals surface area (Å²) in [5.74, 6) is 2.91. The van der Waals surface area contributed by atoms with Gasteiger partial charge < -0.3 is 5.32 Å². The first-order valence-electron chi connectivity index (χ1n) is 7.22. The zero-order chi connectivity index (χ0) is 11.8. The minimum Gasteiger partial charge on any atom is -0.317 e. The Kier molecular flexibility index (Phi) is 3.63. The molecule has 2 aliphatic rings. The maximum absolute atomic E-state index is 3.48. The number of hydrogen-bond acceptors (Lipinski definition) is 1. The molecule has 2 aliphatic carbocycles. The van der Waals surface area contributed by atoms with Gasteiger partial charge in [0.25, 0.3) is 0 Å². The van der Waals surface area contributed by atoms with E-state index in [0.29, 0.717) is 5.41 Å².